The van der Waals surface area contributed by atoms with Crippen LogP contribution in [0.2, 0.25) is 0 Å². The zero-order chi connectivity index (χ0) is 20.8. The van der Waals surface area contributed by atoms with Gasteiger partial charge in [-0.1, -0.05) is 54.1 Å². The SMILES string of the molecule is Cc1ccc(CN(Cc2ccc3c(c2)OCO3)CC(O)COc2ccccc2)cc1. The van der Waals surface area contributed by atoms with E-state index in [1.807, 2.05) is 48.5 Å². The van der Waals surface area contributed by atoms with Gasteiger partial charge in [0.2, 0.25) is 6.79 Å². The van der Waals surface area contributed by atoms with E-state index in [1.165, 1.54) is 11.1 Å². The molecule has 3 aromatic rings. The van der Waals surface area contributed by atoms with Crippen LogP contribution in [-0.2, 0) is 13.1 Å². The van der Waals surface area contributed by atoms with Crippen molar-refractivity contribution in [2.75, 3.05) is 19.9 Å². The third-order valence-corrected chi connectivity index (χ3v) is 5.02. The highest BCUT2D eigenvalue weighted by molar-refractivity contribution is 5.44. The molecule has 1 unspecified atom stereocenters. The van der Waals surface area contributed by atoms with Crippen LogP contribution >= 0.6 is 0 Å². The van der Waals surface area contributed by atoms with Gasteiger partial charge in [0.25, 0.3) is 0 Å². The molecular formula is C25H27NO4. The van der Waals surface area contributed by atoms with Crippen molar-refractivity contribution in [1.29, 1.82) is 0 Å². The lowest BCUT2D eigenvalue weighted by atomic mass is 10.1. The molecule has 30 heavy (non-hydrogen) atoms. The van der Waals surface area contributed by atoms with E-state index in [0.717, 1.165) is 29.4 Å². The summed E-state index contributed by atoms with van der Waals surface area (Å²) in [5, 5.41) is 10.6. The first-order chi connectivity index (χ1) is 14.7. The normalized spacial score (nSPS) is 13.4. The molecule has 1 atom stereocenters. The predicted octanol–water partition coefficient (Wildman–Crippen LogP) is 4.17. The lowest BCUT2D eigenvalue weighted by Crippen LogP contribution is -2.35. The third-order valence-electron chi connectivity index (χ3n) is 5.02. The topological polar surface area (TPSA) is 51.2 Å². The highest BCUT2D eigenvalue weighted by atomic mass is 16.7. The van der Waals surface area contributed by atoms with Gasteiger partial charge >= 0.3 is 0 Å². The van der Waals surface area contributed by atoms with E-state index in [-0.39, 0.29) is 13.4 Å². The molecule has 1 heterocycles. The first-order valence-electron chi connectivity index (χ1n) is 10.2. The quantitative estimate of drug-likeness (QED) is 0.579. The number of hydrogen-bond donors (Lipinski definition) is 1. The van der Waals surface area contributed by atoms with Crippen molar-refractivity contribution in [3.05, 3.63) is 89.5 Å². The maximum atomic E-state index is 10.6. The average Bonchev–Trinajstić information content (AvgIpc) is 3.22. The molecule has 0 aromatic heterocycles. The summed E-state index contributed by atoms with van der Waals surface area (Å²) in [4.78, 5) is 2.22. The van der Waals surface area contributed by atoms with Crippen molar-refractivity contribution in [3.8, 4) is 17.2 Å². The summed E-state index contributed by atoms with van der Waals surface area (Å²) < 4.78 is 16.7. The number of hydrogen-bond acceptors (Lipinski definition) is 5. The summed E-state index contributed by atoms with van der Waals surface area (Å²) in [5.74, 6) is 2.31. The number of ether oxygens (including phenoxy) is 3. The zero-order valence-electron chi connectivity index (χ0n) is 17.2. The first-order valence-corrected chi connectivity index (χ1v) is 10.2. The fourth-order valence-corrected chi connectivity index (χ4v) is 3.49. The smallest absolute Gasteiger partial charge is 0.231 e. The van der Waals surface area contributed by atoms with Crippen molar-refractivity contribution in [2.24, 2.45) is 0 Å². The van der Waals surface area contributed by atoms with E-state index in [4.69, 9.17) is 14.2 Å². The van der Waals surface area contributed by atoms with Crippen molar-refractivity contribution < 1.29 is 19.3 Å². The summed E-state index contributed by atoms with van der Waals surface area (Å²) in [5.41, 5.74) is 3.55. The molecule has 0 saturated heterocycles. The molecule has 5 nitrogen and oxygen atoms in total. The minimum Gasteiger partial charge on any atom is -0.491 e. The Balaban J connectivity index is 1.42. The van der Waals surface area contributed by atoms with E-state index in [0.29, 0.717) is 13.1 Å². The highest BCUT2D eigenvalue weighted by Crippen LogP contribution is 2.33. The average molecular weight is 405 g/mol. The third kappa shape index (κ3) is 5.53. The largest absolute Gasteiger partial charge is 0.491 e. The summed E-state index contributed by atoms with van der Waals surface area (Å²) in [6.45, 7) is 4.51. The minimum atomic E-state index is -0.607. The van der Waals surface area contributed by atoms with E-state index in [9.17, 15) is 5.11 Å². The van der Waals surface area contributed by atoms with Gasteiger partial charge in [-0.25, -0.2) is 0 Å². The van der Waals surface area contributed by atoms with Crippen molar-refractivity contribution in [2.45, 2.75) is 26.1 Å². The lowest BCUT2D eigenvalue weighted by Gasteiger charge is -2.25. The van der Waals surface area contributed by atoms with Gasteiger partial charge in [0.05, 0.1) is 0 Å². The molecule has 156 valence electrons. The number of aliphatic hydroxyl groups excluding tert-OH is 1. The molecule has 3 aromatic carbocycles. The zero-order valence-corrected chi connectivity index (χ0v) is 17.2. The Morgan fingerprint density at radius 1 is 0.900 bits per heavy atom. The van der Waals surface area contributed by atoms with Crippen LogP contribution < -0.4 is 14.2 Å². The van der Waals surface area contributed by atoms with Crippen molar-refractivity contribution in [1.82, 2.24) is 4.90 Å². The van der Waals surface area contributed by atoms with Gasteiger partial charge in [-0.15, -0.1) is 0 Å². The number of aryl methyl sites for hydroxylation is 1. The molecule has 0 bridgehead atoms. The molecule has 0 spiro atoms. The Labute approximate surface area is 177 Å². The Bertz CT molecular complexity index is 943. The van der Waals surface area contributed by atoms with Crippen LogP contribution in [0.3, 0.4) is 0 Å². The maximum Gasteiger partial charge on any atom is 0.231 e. The number of nitrogens with zero attached hydrogens (tertiary/aromatic N) is 1. The molecule has 1 aliphatic heterocycles. The van der Waals surface area contributed by atoms with Crippen LogP contribution in [0.25, 0.3) is 0 Å². The molecule has 0 saturated carbocycles. The number of aliphatic hydroxyl groups is 1. The second kappa shape index (κ2) is 9.65. The summed E-state index contributed by atoms with van der Waals surface area (Å²) in [6.07, 6.45) is -0.607. The maximum absolute atomic E-state index is 10.6. The molecule has 4 rings (SSSR count). The van der Waals surface area contributed by atoms with E-state index < -0.39 is 6.10 Å². The van der Waals surface area contributed by atoms with Gasteiger partial charge in [-0.05, 0) is 42.3 Å². The standard InChI is InChI=1S/C25H27NO4/c1-19-7-9-20(10-8-19)14-26(15-21-11-12-24-25(13-21)30-18-29-24)16-22(27)17-28-23-5-3-2-4-6-23/h2-13,22,27H,14-18H2,1H3. The van der Waals surface area contributed by atoms with Gasteiger partial charge in [-0.3, -0.25) is 4.90 Å². The first kappa shape index (κ1) is 20.3. The Morgan fingerprint density at radius 2 is 1.60 bits per heavy atom. The molecule has 0 aliphatic carbocycles. The molecule has 5 heteroatoms. The fraction of sp³-hybridized carbons (Fsp3) is 0.280. The number of para-hydroxylation sites is 1. The molecule has 0 amide bonds. The van der Waals surface area contributed by atoms with Gasteiger partial charge in [0, 0.05) is 19.6 Å². The number of benzene rings is 3. The number of fused-ring (bicyclic) bond motifs is 1. The Morgan fingerprint density at radius 3 is 2.40 bits per heavy atom. The molecule has 0 fully saturated rings. The van der Waals surface area contributed by atoms with E-state index in [2.05, 4.69) is 36.1 Å². The number of rotatable bonds is 9. The summed E-state index contributed by atoms with van der Waals surface area (Å²) in [7, 11) is 0. The summed E-state index contributed by atoms with van der Waals surface area (Å²) in [6, 6.07) is 24.1. The fourth-order valence-electron chi connectivity index (χ4n) is 3.49. The van der Waals surface area contributed by atoms with E-state index in [1.54, 1.807) is 0 Å². The molecule has 1 N–H and O–H groups in total. The van der Waals surface area contributed by atoms with Crippen LogP contribution in [0, 0.1) is 6.92 Å². The predicted molar refractivity (Wildman–Crippen MR) is 116 cm³/mol. The van der Waals surface area contributed by atoms with Crippen LogP contribution in [-0.4, -0.2) is 36.1 Å². The summed E-state index contributed by atoms with van der Waals surface area (Å²) >= 11 is 0. The minimum absolute atomic E-state index is 0.246. The monoisotopic (exact) mass is 405 g/mol. The second-order valence-electron chi connectivity index (χ2n) is 7.62. The Hall–Kier alpha value is -3.02. The van der Waals surface area contributed by atoms with E-state index >= 15 is 0 Å². The van der Waals surface area contributed by atoms with Crippen molar-refractivity contribution in [3.63, 3.8) is 0 Å². The van der Waals surface area contributed by atoms with Crippen LogP contribution in [0.4, 0.5) is 0 Å². The van der Waals surface area contributed by atoms with Crippen molar-refractivity contribution >= 4 is 0 Å². The van der Waals surface area contributed by atoms with Crippen LogP contribution in [0.1, 0.15) is 16.7 Å². The molecular weight excluding hydrogens is 378 g/mol. The highest BCUT2D eigenvalue weighted by Gasteiger charge is 2.17. The Kier molecular flexibility index (Phi) is 6.52. The van der Waals surface area contributed by atoms with Crippen LogP contribution in [0.5, 0.6) is 17.2 Å². The van der Waals surface area contributed by atoms with Gasteiger partial charge < -0.3 is 19.3 Å². The van der Waals surface area contributed by atoms with Gasteiger partial charge in [-0.2, -0.15) is 0 Å². The molecule has 0 radical (unpaired) electrons. The second-order valence-corrected chi connectivity index (χ2v) is 7.62. The molecule has 1 aliphatic rings. The lowest BCUT2D eigenvalue weighted by molar-refractivity contribution is 0.0628. The van der Waals surface area contributed by atoms with Gasteiger partial charge in [0.15, 0.2) is 11.5 Å². The van der Waals surface area contributed by atoms with Gasteiger partial charge in [0.1, 0.15) is 18.5 Å². The van der Waals surface area contributed by atoms with Crippen LogP contribution in [0.15, 0.2) is 72.8 Å².